The van der Waals surface area contributed by atoms with Crippen molar-refractivity contribution in [3.05, 3.63) is 41.1 Å². The van der Waals surface area contributed by atoms with Gasteiger partial charge >= 0.3 is 0 Å². The molecule has 0 aliphatic heterocycles. The van der Waals surface area contributed by atoms with Gasteiger partial charge in [-0.15, -0.1) is 0 Å². The van der Waals surface area contributed by atoms with Crippen molar-refractivity contribution < 1.29 is 4.79 Å². The van der Waals surface area contributed by atoms with Gasteiger partial charge in [0.2, 0.25) is 0 Å². The van der Waals surface area contributed by atoms with Crippen molar-refractivity contribution in [3.63, 3.8) is 0 Å². The first-order chi connectivity index (χ1) is 9.47. The van der Waals surface area contributed by atoms with E-state index in [-0.39, 0.29) is 5.91 Å². The number of amides is 1. The molecule has 0 radical (unpaired) electrons. The highest BCUT2D eigenvalue weighted by atomic mass is 16.1. The van der Waals surface area contributed by atoms with Crippen LogP contribution in [-0.4, -0.2) is 17.4 Å². The van der Waals surface area contributed by atoms with Crippen LogP contribution in [0.25, 0.3) is 10.9 Å². The third-order valence-electron chi connectivity index (χ3n) is 3.41. The largest absolute Gasteiger partial charge is 0.352 e. The second-order valence-corrected chi connectivity index (χ2v) is 5.76. The van der Waals surface area contributed by atoms with Crippen molar-refractivity contribution in [1.82, 2.24) is 10.3 Å². The molecule has 106 valence electrons. The predicted molar refractivity (Wildman–Crippen MR) is 83.0 cm³/mol. The number of carbonyl (C=O) groups is 1. The van der Waals surface area contributed by atoms with Gasteiger partial charge in [-0.25, -0.2) is 0 Å². The summed E-state index contributed by atoms with van der Waals surface area (Å²) in [5.41, 5.74) is 3.57. The Balaban J connectivity index is 2.24. The first-order valence-electron chi connectivity index (χ1n) is 7.13. The standard InChI is InChI=1S/C17H22N2O/c1-11(2)7-8-18-17(20)15-10-14-9-12(3)5-6-16(14)19-13(15)4/h5-6,9-11H,7-8H2,1-4H3,(H,18,20). The number of hydrogen-bond donors (Lipinski definition) is 1. The summed E-state index contributed by atoms with van der Waals surface area (Å²) in [5.74, 6) is 0.563. The zero-order chi connectivity index (χ0) is 14.7. The number of rotatable bonds is 4. The quantitative estimate of drug-likeness (QED) is 0.921. The lowest BCUT2D eigenvalue weighted by molar-refractivity contribution is 0.0951. The molecule has 1 heterocycles. The van der Waals surface area contributed by atoms with Gasteiger partial charge in [-0.05, 0) is 44.4 Å². The summed E-state index contributed by atoms with van der Waals surface area (Å²) in [7, 11) is 0. The molecule has 1 N–H and O–H groups in total. The predicted octanol–water partition coefficient (Wildman–Crippen LogP) is 3.63. The number of fused-ring (bicyclic) bond motifs is 1. The van der Waals surface area contributed by atoms with Gasteiger partial charge in [-0.1, -0.05) is 25.5 Å². The van der Waals surface area contributed by atoms with Crippen LogP contribution in [0.1, 0.15) is 41.9 Å². The van der Waals surface area contributed by atoms with E-state index in [1.54, 1.807) is 0 Å². The van der Waals surface area contributed by atoms with Crippen molar-refractivity contribution >= 4 is 16.8 Å². The molecule has 0 saturated heterocycles. The molecule has 3 heteroatoms. The summed E-state index contributed by atoms with van der Waals surface area (Å²) in [4.78, 5) is 16.7. The Kier molecular flexibility index (Phi) is 4.38. The molecule has 20 heavy (non-hydrogen) atoms. The molecule has 0 unspecified atom stereocenters. The van der Waals surface area contributed by atoms with Crippen LogP contribution in [0.2, 0.25) is 0 Å². The fourth-order valence-electron chi connectivity index (χ4n) is 2.19. The van der Waals surface area contributed by atoms with E-state index in [1.165, 1.54) is 5.56 Å². The van der Waals surface area contributed by atoms with Gasteiger partial charge in [0, 0.05) is 11.9 Å². The Bertz CT molecular complexity index is 632. The molecule has 0 bridgehead atoms. The molecule has 2 rings (SSSR count). The van der Waals surface area contributed by atoms with Crippen LogP contribution in [0.5, 0.6) is 0 Å². The molecule has 2 aromatic rings. The maximum Gasteiger partial charge on any atom is 0.253 e. The van der Waals surface area contributed by atoms with Crippen LogP contribution in [0.4, 0.5) is 0 Å². The summed E-state index contributed by atoms with van der Waals surface area (Å²) in [6.45, 7) is 8.94. The summed E-state index contributed by atoms with van der Waals surface area (Å²) in [6, 6.07) is 8.04. The van der Waals surface area contributed by atoms with Gasteiger partial charge in [0.25, 0.3) is 5.91 Å². The Morgan fingerprint density at radius 3 is 2.70 bits per heavy atom. The monoisotopic (exact) mass is 270 g/mol. The van der Waals surface area contributed by atoms with Gasteiger partial charge in [0.15, 0.2) is 0 Å². The van der Waals surface area contributed by atoms with Crippen LogP contribution >= 0.6 is 0 Å². The fourth-order valence-corrected chi connectivity index (χ4v) is 2.19. The van der Waals surface area contributed by atoms with Crippen molar-refractivity contribution in [1.29, 1.82) is 0 Å². The van der Waals surface area contributed by atoms with Crippen LogP contribution in [0.15, 0.2) is 24.3 Å². The van der Waals surface area contributed by atoms with E-state index < -0.39 is 0 Å². The average molecular weight is 270 g/mol. The normalized spacial score (nSPS) is 11.1. The van der Waals surface area contributed by atoms with Crippen LogP contribution in [0.3, 0.4) is 0 Å². The number of carbonyl (C=O) groups excluding carboxylic acids is 1. The summed E-state index contributed by atoms with van der Waals surface area (Å²) in [6.07, 6.45) is 0.991. The maximum absolute atomic E-state index is 12.2. The SMILES string of the molecule is Cc1ccc2nc(C)c(C(=O)NCCC(C)C)cc2c1. The molecule has 1 aromatic carbocycles. The minimum Gasteiger partial charge on any atom is -0.352 e. The zero-order valence-electron chi connectivity index (χ0n) is 12.7. The Labute approximate surface area is 120 Å². The average Bonchev–Trinajstić information content (AvgIpc) is 2.38. The summed E-state index contributed by atoms with van der Waals surface area (Å²) < 4.78 is 0. The second kappa shape index (κ2) is 6.04. The number of benzene rings is 1. The Morgan fingerprint density at radius 2 is 2.00 bits per heavy atom. The van der Waals surface area contributed by atoms with Crippen molar-refractivity contribution in [2.24, 2.45) is 5.92 Å². The molecule has 0 aliphatic rings. The van der Waals surface area contributed by atoms with Crippen LogP contribution in [-0.2, 0) is 0 Å². The minimum atomic E-state index is -0.0287. The molecule has 0 atom stereocenters. The number of pyridine rings is 1. The Morgan fingerprint density at radius 1 is 1.25 bits per heavy atom. The number of nitrogens with one attached hydrogen (secondary N) is 1. The molecule has 0 spiro atoms. The summed E-state index contributed by atoms with van der Waals surface area (Å²) >= 11 is 0. The van der Waals surface area contributed by atoms with Gasteiger partial charge in [0.05, 0.1) is 16.8 Å². The highest BCUT2D eigenvalue weighted by Gasteiger charge is 2.11. The van der Waals surface area contributed by atoms with Gasteiger partial charge in [0.1, 0.15) is 0 Å². The van der Waals surface area contributed by atoms with Gasteiger partial charge in [-0.2, -0.15) is 0 Å². The fraction of sp³-hybridized carbons (Fsp3) is 0.412. The number of aryl methyl sites for hydroxylation is 2. The molecule has 0 aliphatic carbocycles. The number of nitrogens with zero attached hydrogens (tertiary/aromatic N) is 1. The smallest absolute Gasteiger partial charge is 0.253 e. The van der Waals surface area contributed by atoms with Crippen LogP contribution < -0.4 is 5.32 Å². The lowest BCUT2D eigenvalue weighted by Gasteiger charge is -2.10. The minimum absolute atomic E-state index is 0.0287. The highest BCUT2D eigenvalue weighted by Crippen LogP contribution is 2.18. The topological polar surface area (TPSA) is 42.0 Å². The first kappa shape index (κ1) is 14.5. The number of aromatic nitrogens is 1. The molecule has 1 aromatic heterocycles. The zero-order valence-corrected chi connectivity index (χ0v) is 12.7. The van der Waals surface area contributed by atoms with Crippen molar-refractivity contribution in [3.8, 4) is 0 Å². The van der Waals surface area contributed by atoms with Gasteiger partial charge in [-0.3, -0.25) is 9.78 Å². The van der Waals surface area contributed by atoms with E-state index in [0.29, 0.717) is 18.0 Å². The third-order valence-corrected chi connectivity index (χ3v) is 3.41. The van der Waals surface area contributed by atoms with E-state index in [4.69, 9.17) is 0 Å². The second-order valence-electron chi connectivity index (χ2n) is 5.76. The number of hydrogen-bond acceptors (Lipinski definition) is 2. The van der Waals surface area contributed by atoms with E-state index in [0.717, 1.165) is 23.0 Å². The highest BCUT2D eigenvalue weighted by molar-refractivity contribution is 5.98. The molecule has 0 fully saturated rings. The van der Waals surface area contributed by atoms with E-state index >= 15 is 0 Å². The molecule has 0 saturated carbocycles. The van der Waals surface area contributed by atoms with Crippen LogP contribution in [0, 0.1) is 19.8 Å². The molecule has 3 nitrogen and oxygen atoms in total. The van der Waals surface area contributed by atoms with Crippen molar-refractivity contribution in [2.75, 3.05) is 6.54 Å². The lowest BCUT2D eigenvalue weighted by Crippen LogP contribution is -2.26. The first-order valence-corrected chi connectivity index (χ1v) is 7.13. The molecule has 1 amide bonds. The van der Waals surface area contributed by atoms with Crippen molar-refractivity contribution in [2.45, 2.75) is 34.1 Å². The molecular weight excluding hydrogens is 248 g/mol. The Hall–Kier alpha value is -1.90. The third kappa shape index (κ3) is 3.35. The summed E-state index contributed by atoms with van der Waals surface area (Å²) in [5, 5.41) is 3.99. The van der Waals surface area contributed by atoms with E-state index in [9.17, 15) is 4.79 Å². The molecular formula is C17H22N2O. The van der Waals surface area contributed by atoms with E-state index in [2.05, 4.69) is 30.2 Å². The maximum atomic E-state index is 12.2. The van der Waals surface area contributed by atoms with Gasteiger partial charge < -0.3 is 5.32 Å². The van der Waals surface area contributed by atoms with E-state index in [1.807, 2.05) is 32.0 Å². The lowest BCUT2D eigenvalue weighted by atomic mass is 10.1.